The molecule has 0 spiro atoms. The SMILES string of the molecule is O=C(NC1CCCCC1)[C@H](Cc1ccccc1)N(Cc1ccc(Br)cc1)C(=O)Cc1ccccc1F. The average Bonchev–Trinajstić information content (AvgIpc) is 2.89. The summed E-state index contributed by atoms with van der Waals surface area (Å²) in [5.41, 5.74) is 2.21. The molecule has 1 aliphatic rings. The van der Waals surface area contributed by atoms with Crippen molar-refractivity contribution in [1.82, 2.24) is 10.2 Å². The third kappa shape index (κ3) is 7.26. The third-order valence-corrected chi connectivity index (χ3v) is 7.32. The minimum Gasteiger partial charge on any atom is -0.352 e. The van der Waals surface area contributed by atoms with Crippen LogP contribution in [0.1, 0.15) is 48.8 Å². The van der Waals surface area contributed by atoms with Crippen LogP contribution in [0.15, 0.2) is 83.3 Å². The molecule has 0 aromatic heterocycles. The van der Waals surface area contributed by atoms with Crippen LogP contribution in [-0.2, 0) is 29.0 Å². The van der Waals surface area contributed by atoms with E-state index in [0.29, 0.717) is 12.0 Å². The predicted molar refractivity (Wildman–Crippen MR) is 144 cm³/mol. The first-order valence-corrected chi connectivity index (χ1v) is 13.4. The summed E-state index contributed by atoms with van der Waals surface area (Å²) in [6.45, 7) is 0.260. The van der Waals surface area contributed by atoms with Gasteiger partial charge < -0.3 is 10.2 Å². The number of nitrogens with zero attached hydrogens (tertiary/aromatic N) is 1. The van der Waals surface area contributed by atoms with Gasteiger partial charge in [0.1, 0.15) is 11.9 Å². The molecule has 4 rings (SSSR count). The summed E-state index contributed by atoms with van der Waals surface area (Å²) in [6.07, 6.45) is 5.59. The summed E-state index contributed by atoms with van der Waals surface area (Å²) in [5, 5.41) is 3.23. The largest absolute Gasteiger partial charge is 0.352 e. The lowest BCUT2D eigenvalue weighted by Crippen LogP contribution is -2.53. The standard InChI is InChI=1S/C30H32BrFN2O2/c31-25-17-15-23(16-18-25)21-34(29(35)20-24-11-7-8-14-27(24)32)28(19-22-9-3-1-4-10-22)30(36)33-26-12-5-2-6-13-26/h1,3-4,7-11,14-18,26,28H,2,5-6,12-13,19-21H2,(H,33,36)/t28-/m0/s1. The van der Waals surface area contributed by atoms with E-state index in [-0.39, 0.29) is 30.8 Å². The Labute approximate surface area is 221 Å². The monoisotopic (exact) mass is 550 g/mol. The van der Waals surface area contributed by atoms with Gasteiger partial charge in [0.05, 0.1) is 6.42 Å². The molecule has 0 radical (unpaired) electrons. The molecule has 1 aliphatic carbocycles. The van der Waals surface area contributed by atoms with Crippen molar-refractivity contribution in [3.63, 3.8) is 0 Å². The number of benzene rings is 3. The Morgan fingerprint density at radius 2 is 1.56 bits per heavy atom. The zero-order valence-corrected chi connectivity index (χ0v) is 21.9. The topological polar surface area (TPSA) is 49.4 Å². The number of halogens is 2. The van der Waals surface area contributed by atoms with E-state index in [9.17, 15) is 14.0 Å². The normalized spacial score (nSPS) is 14.7. The van der Waals surface area contributed by atoms with E-state index >= 15 is 0 Å². The van der Waals surface area contributed by atoms with Crippen molar-refractivity contribution < 1.29 is 14.0 Å². The summed E-state index contributed by atoms with van der Waals surface area (Å²) in [7, 11) is 0. The van der Waals surface area contributed by atoms with Crippen LogP contribution in [0.4, 0.5) is 4.39 Å². The molecule has 1 saturated carbocycles. The van der Waals surface area contributed by atoms with Gasteiger partial charge in [-0.3, -0.25) is 9.59 Å². The van der Waals surface area contributed by atoms with Gasteiger partial charge in [0.2, 0.25) is 11.8 Å². The Morgan fingerprint density at radius 3 is 2.25 bits per heavy atom. The van der Waals surface area contributed by atoms with Crippen molar-refractivity contribution in [1.29, 1.82) is 0 Å². The fourth-order valence-electron chi connectivity index (χ4n) is 4.79. The fourth-order valence-corrected chi connectivity index (χ4v) is 5.06. The Kier molecular flexibility index (Phi) is 9.29. The van der Waals surface area contributed by atoms with Gasteiger partial charge in [-0.05, 0) is 47.7 Å². The summed E-state index contributed by atoms with van der Waals surface area (Å²) < 4.78 is 15.4. The van der Waals surface area contributed by atoms with E-state index in [4.69, 9.17) is 0 Å². The minimum atomic E-state index is -0.711. The van der Waals surface area contributed by atoms with Crippen LogP contribution in [0.3, 0.4) is 0 Å². The van der Waals surface area contributed by atoms with E-state index < -0.39 is 11.9 Å². The van der Waals surface area contributed by atoms with E-state index in [1.807, 2.05) is 54.6 Å². The number of rotatable bonds is 9. The molecule has 2 amide bonds. The minimum absolute atomic E-state index is 0.106. The highest BCUT2D eigenvalue weighted by Gasteiger charge is 2.32. The lowest BCUT2D eigenvalue weighted by molar-refractivity contribution is -0.141. The molecule has 0 aliphatic heterocycles. The number of nitrogens with one attached hydrogen (secondary N) is 1. The molecule has 1 N–H and O–H groups in total. The number of carbonyl (C=O) groups is 2. The molecule has 0 saturated heterocycles. The van der Waals surface area contributed by atoms with E-state index in [1.165, 1.54) is 12.5 Å². The highest BCUT2D eigenvalue weighted by Crippen LogP contribution is 2.21. The second-order valence-electron chi connectivity index (χ2n) is 9.47. The Bertz CT molecular complexity index is 1150. The summed E-state index contributed by atoms with van der Waals surface area (Å²) >= 11 is 3.46. The van der Waals surface area contributed by atoms with Crippen LogP contribution in [0.25, 0.3) is 0 Å². The maximum absolute atomic E-state index is 14.4. The van der Waals surface area contributed by atoms with Crippen molar-refractivity contribution in [2.75, 3.05) is 0 Å². The van der Waals surface area contributed by atoms with Gasteiger partial charge in [-0.25, -0.2) is 4.39 Å². The molecule has 6 heteroatoms. The molecule has 1 fully saturated rings. The highest BCUT2D eigenvalue weighted by molar-refractivity contribution is 9.10. The number of carbonyl (C=O) groups excluding carboxylic acids is 2. The fraction of sp³-hybridized carbons (Fsp3) is 0.333. The molecule has 36 heavy (non-hydrogen) atoms. The quantitative estimate of drug-likeness (QED) is 0.343. The van der Waals surface area contributed by atoms with Crippen molar-refractivity contribution in [3.8, 4) is 0 Å². The highest BCUT2D eigenvalue weighted by atomic mass is 79.9. The molecule has 0 heterocycles. The molecular weight excluding hydrogens is 519 g/mol. The molecule has 3 aromatic carbocycles. The Balaban J connectivity index is 1.65. The number of hydrogen-bond acceptors (Lipinski definition) is 2. The molecular formula is C30H32BrFN2O2. The van der Waals surface area contributed by atoms with Gasteiger partial charge in [-0.15, -0.1) is 0 Å². The zero-order valence-electron chi connectivity index (χ0n) is 20.3. The first kappa shape index (κ1) is 26.1. The van der Waals surface area contributed by atoms with Gasteiger partial charge in [0.15, 0.2) is 0 Å². The predicted octanol–water partition coefficient (Wildman–Crippen LogP) is 6.22. The number of amides is 2. The van der Waals surface area contributed by atoms with Crippen LogP contribution in [0.2, 0.25) is 0 Å². The molecule has 3 aromatic rings. The van der Waals surface area contributed by atoms with Crippen LogP contribution in [0.5, 0.6) is 0 Å². The smallest absolute Gasteiger partial charge is 0.243 e. The zero-order chi connectivity index (χ0) is 25.3. The first-order valence-electron chi connectivity index (χ1n) is 12.6. The van der Waals surface area contributed by atoms with Crippen LogP contribution < -0.4 is 5.32 Å². The molecule has 0 bridgehead atoms. The summed E-state index contributed by atoms with van der Waals surface area (Å²) in [4.78, 5) is 29.1. The van der Waals surface area contributed by atoms with Crippen molar-refractivity contribution >= 4 is 27.7 Å². The van der Waals surface area contributed by atoms with Gasteiger partial charge in [0.25, 0.3) is 0 Å². The average molecular weight is 552 g/mol. The van der Waals surface area contributed by atoms with E-state index in [0.717, 1.165) is 41.3 Å². The van der Waals surface area contributed by atoms with Crippen LogP contribution in [0, 0.1) is 5.82 Å². The molecule has 4 nitrogen and oxygen atoms in total. The van der Waals surface area contributed by atoms with Gasteiger partial charge in [-0.2, -0.15) is 0 Å². The Hall–Kier alpha value is -2.99. The second kappa shape index (κ2) is 12.8. The molecule has 0 unspecified atom stereocenters. The second-order valence-corrected chi connectivity index (χ2v) is 10.4. The summed E-state index contributed by atoms with van der Waals surface area (Å²) in [5.74, 6) is -0.840. The first-order chi connectivity index (χ1) is 17.5. The third-order valence-electron chi connectivity index (χ3n) is 6.79. The van der Waals surface area contributed by atoms with Crippen LogP contribution in [-0.4, -0.2) is 28.8 Å². The Morgan fingerprint density at radius 1 is 0.889 bits per heavy atom. The number of hydrogen-bond donors (Lipinski definition) is 1. The van der Waals surface area contributed by atoms with Crippen LogP contribution >= 0.6 is 15.9 Å². The summed E-state index contributed by atoms with van der Waals surface area (Å²) in [6, 6.07) is 23.2. The van der Waals surface area contributed by atoms with Crippen molar-refractivity contribution in [2.45, 2.75) is 63.6 Å². The maximum Gasteiger partial charge on any atom is 0.243 e. The lowest BCUT2D eigenvalue weighted by Gasteiger charge is -2.33. The molecule has 1 atom stereocenters. The van der Waals surface area contributed by atoms with Crippen molar-refractivity contribution in [3.05, 3.63) is 106 Å². The maximum atomic E-state index is 14.4. The van der Waals surface area contributed by atoms with Crippen molar-refractivity contribution in [2.24, 2.45) is 0 Å². The van der Waals surface area contributed by atoms with Gasteiger partial charge in [0, 0.05) is 23.5 Å². The van der Waals surface area contributed by atoms with Gasteiger partial charge >= 0.3 is 0 Å². The van der Waals surface area contributed by atoms with E-state index in [2.05, 4.69) is 21.2 Å². The molecule has 188 valence electrons. The van der Waals surface area contributed by atoms with E-state index in [1.54, 1.807) is 23.1 Å². The van der Waals surface area contributed by atoms with Gasteiger partial charge in [-0.1, -0.05) is 95.9 Å². The lowest BCUT2D eigenvalue weighted by atomic mass is 9.94.